The van der Waals surface area contributed by atoms with Crippen molar-refractivity contribution in [3.05, 3.63) is 58.1 Å². The first-order valence-electron chi connectivity index (χ1n) is 9.54. The topological polar surface area (TPSA) is 144 Å². The van der Waals surface area contributed by atoms with Gasteiger partial charge in [0.2, 0.25) is 16.8 Å². The van der Waals surface area contributed by atoms with Crippen LogP contribution in [0.1, 0.15) is 12.5 Å². The van der Waals surface area contributed by atoms with Gasteiger partial charge < -0.3 is 20.1 Å². The van der Waals surface area contributed by atoms with Crippen LogP contribution in [-0.2, 0) is 16.6 Å². The van der Waals surface area contributed by atoms with Gasteiger partial charge in [0, 0.05) is 31.8 Å². The van der Waals surface area contributed by atoms with Crippen LogP contribution in [0.5, 0.6) is 11.5 Å². The maximum Gasteiger partial charge on any atom is 0.270 e. The quantitative estimate of drug-likeness (QED) is 0.171. The van der Waals surface area contributed by atoms with Crippen molar-refractivity contribution in [1.29, 1.82) is 0 Å². The number of guanidine groups is 1. The van der Waals surface area contributed by atoms with Crippen LogP contribution in [0.25, 0.3) is 0 Å². The van der Waals surface area contributed by atoms with Crippen LogP contribution >= 0.6 is 0 Å². The molecule has 166 valence electrons. The summed E-state index contributed by atoms with van der Waals surface area (Å²) < 4.78 is 37.8. The summed E-state index contributed by atoms with van der Waals surface area (Å²) in [5.74, 6) is 1.91. The highest BCUT2D eigenvalue weighted by atomic mass is 32.2. The molecule has 3 rings (SSSR count). The Morgan fingerprint density at radius 3 is 2.71 bits per heavy atom. The van der Waals surface area contributed by atoms with Crippen molar-refractivity contribution in [2.24, 2.45) is 4.99 Å². The molecule has 0 aromatic heterocycles. The van der Waals surface area contributed by atoms with Gasteiger partial charge in [0.1, 0.15) is 0 Å². The lowest BCUT2D eigenvalue weighted by molar-refractivity contribution is -0.385. The highest BCUT2D eigenvalue weighted by molar-refractivity contribution is 7.89. The monoisotopic (exact) mass is 449 g/mol. The predicted molar refractivity (Wildman–Crippen MR) is 114 cm³/mol. The molecule has 0 radical (unpaired) electrons. The van der Waals surface area contributed by atoms with Crippen LogP contribution in [0.4, 0.5) is 5.69 Å². The summed E-state index contributed by atoms with van der Waals surface area (Å²) in [5, 5.41) is 17.0. The number of benzene rings is 2. The van der Waals surface area contributed by atoms with Gasteiger partial charge in [0.05, 0.1) is 16.4 Å². The molecule has 1 aliphatic rings. The third-order valence-electron chi connectivity index (χ3n) is 4.25. The molecule has 0 atom stereocenters. The largest absolute Gasteiger partial charge is 0.454 e. The lowest BCUT2D eigenvalue weighted by atomic mass is 10.2. The number of rotatable bonds is 9. The molecule has 12 heteroatoms. The molecule has 11 nitrogen and oxygen atoms in total. The van der Waals surface area contributed by atoms with Crippen LogP contribution in [0.2, 0.25) is 0 Å². The third kappa shape index (κ3) is 6.06. The standard InChI is InChI=1S/C19H23N5O6S/c1-2-20-19(22-12-14-6-7-17-18(10-14)30-13-29-17)21-8-9-23-31(27,28)16-5-3-4-15(11-16)24(25)26/h3-7,10-11,23H,2,8-9,12-13H2,1H3,(H2,20,21,22). The molecule has 1 aliphatic heterocycles. The van der Waals surface area contributed by atoms with E-state index in [1.54, 1.807) is 0 Å². The molecule has 0 saturated heterocycles. The van der Waals surface area contributed by atoms with E-state index in [1.165, 1.54) is 18.2 Å². The van der Waals surface area contributed by atoms with Gasteiger partial charge >= 0.3 is 0 Å². The van der Waals surface area contributed by atoms with E-state index in [-0.39, 0.29) is 30.5 Å². The Morgan fingerprint density at radius 1 is 1.13 bits per heavy atom. The lowest BCUT2D eigenvalue weighted by Crippen LogP contribution is -2.41. The van der Waals surface area contributed by atoms with Gasteiger partial charge in [-0.25, -0.2) is 18.1 Å². The fraction of sp³-hybridized carbons (Fsp3) is 0.316. The maximum absolute atomic E-state index is 12.4. The van der Waals surface area contributed by atoms with Gasteiger partial charge in [-0.1, -0.05) is 12.1 Å². The number of fused-ring (bicyclic) bond motifs is 1. The maximum atomic E-state index is 12.4. The molecule has 0 unspecified atom stereocenters. The molecule has 2 aromatic carbocycles. The molecular formula is C19H23N5O6S. The Balaban J connectivity index is 1.53. The van der Waals surface area contributed by atoms with E-state index >= 15 is 0 Å². The number of sulfonamides is 1. The minimum Gasteiger partial charge on any atom is -0.454 e. The Hall–Kier alpha value is -3.38. The van der Waals surface area contributed by atoms with Crippen molar-refractivity contribution < 1.29 is 22.8 Å². The zero-order chi connectivity index (χ0) is 22.3. The lowest BCUT2D eigenvalue weighted by Gasteiger charge is -2.12. The smallest absolute Gasteiger partial charge is 0.270 e. The molecule has 0 saturated carbocycles. The molecule has 0 fully saturated rings. The number of ether oxygens (including phenoxy) is 2. The van der Waals surface area contributed by atoms with Crippen molar-refractivity contribution in [3.63, 3.8) is 0 Å². The zero-order valence-corrected chi connectivity index (χ0v) is 17.6. The van der Waals surface area contributed by atoms with Crippen LogP contribution in [0, 0.1) is 10.1 Å². The summed E-state index contributed by atoms with van der Waals surface area (Å²) in [6.45, 7) is 3.49. The summed E-state index contributed by atoms with van der Waals surface area (Å²) in [5.41, 5.74) is 0.652. The SMILES string of the molecule is CCNC(=NCc1ccc2c(c1)OCO2)NCCNS(=O)(=O)c1cccc([N+](=O)[O-])c1. The fourth-order valence-corrected chi connectivity index (χ4v) is 3.84. The summed E-state index contributed by atoms with van der Waals surface area (Å²) in [6, 6.07) is 10.5. The highest BCUT2D eigenvalue weighted by Crippen LogP contribution is 2.32. The minimum absolute atomic E-state index is 0.0689. The van der Waals surface area contributed by atoms with Gasteiger partial charge in [0.15, 0.2) is 17.5 Å². The Labute approximate surface area is 179 Å². The number of nitro groups is 1. The van der Waals surface area contributed by atoms with Gasteiger partial charge in [-0.15, -0.1) is 0 Å². The molecule has 0 aliphatic carbocycles. The molecule has 31 heavy (non-hydrogen) atoms. The molecule has 0 bridgehead atoms. The summed E-state index contributed by atoms with van der Waals surface area (Å²) in [4.78, 5) is 14.5. The summed E-state index contributed by atoms with van der Waals surface area (Å²) in [7, 11) is -3.87. The van der Waals surface area contributed by atoms with E-state index in [9.17, 15) is 18.5 Å². The average Bonchev–Trinajstić information content (AvgIpc) is 3.23. The first-order valence-corrected chi connectivity index (χ1v) is 11.0. The van der Waals surface area contributed by atoms with Crippen LogP contribution < -0.4 is 24.8 Å². The first-order chi connectivity index (χ1) is 14.9. The number of nitro benzene ring substituents is 1. The van der Waals surface area contributed by atoms with E-state index in [2.05, 4.69) is 20.3 Å². The predicted octanol–water partition coefficient (Wildman–Crippen LogP) is 1.36. The minimum atomic E-state index is -3.87. The Bertz CT molecular complexity index is 1070. The van der Waals surface area contributed by atoms with Crippen LogP contribution in [-0.4, -0.2) is 45.7 Å². The second kappa shape index (κ2) is 10.1. The van der Waals surface area contributed by atoms with E-state index in [0.717, 1.165) is 11.6 Å². The second-order valence-corrected chi connectivity index (χ2v) is 8.23. The van der Waals surface area contributed by atoms with Crippen molar-refractivity contribution in [2.45, 2.75) is 18.4 Å². The number of hydrogen-bond donors (Lipinski definition) is 3. The molecule has 2 aromatic rings. The average molecular weight is 449 g/mol. The van der Waals surface area contributed by atoms with Crippen LogP contribution in [0.3, 0.4) is 0 Å². The number of nitrogens with one attached hydrogen (secondary N) is 3. The van der Waals surface area contributed by atoms with Crippen molar-refractivity contribution in [2.75, 3.05) is 26.4 Å². The van der Waals surface area contributed by atoms with Gasteiger partial charge in [-0.2, -0.15) is 0 Å². The molecular weight excluding hydrogens is 426 g/mol. The number of nitrogens with zero attached hydrogens (tertiary/aromatic N) is 2. The van der Waals surface area contributed by atoms with Gasteiger partial charge in [0.25, 0.3) is 5.69 Å². The van der Waals surface area contributed by atoms with E-state index in [4.69, 9.17) is 9.47 Å². The first kappa shape index (κ1) is 22.3. The highest BCUT2D eigenvalue weighted by Gasteiger charge is 2.17. The zero-order valence-electron chi connectivity index (χ0n) is 16.8. The Kier molecular flexibility index (Phi) is 7.26. The molecule has 0 spiro atoms. The summed E-state index contributed by atoms with van der Waals surface area (Å²) >= 11 is 0. The van der Waals surface area contributed by atoms with E-state index in [1.807, 2.05) is 25.1 Å². The van der Waals surface area contributed by atoms with Gasteiger partial charge in [-0.05, 0) is 30.7 Å². The number of non-ortho nitro benzene ring substituents is 1. The van der Waals surface area contributed by atoms with Crippen molar-refractivity contribution in [1.82, 2.24) is 15.4 Å². The number of hydrogen-bond acceptors (Lipinski definition) is 7. The fourth-order valence-electron chi connectivity index (χ4n) is 2.77. The van der Waals surface area contributed by atoms with Crippen molar-refractivity contribution >= 4 is 21.7 Å². The molecule has 3 N–H and O–H groups in total. The van der Waals surface area contributed by atoms with Crippen molar-refractivity contribution in [3.8, 4) is 11.5 Å². The molecule has 1 heterocycles. The Morgan fingerprint density at radius 2 is 1.94 bits per heavy atom. The van der Waals surface area contributed by atoms with E-state index in [0.29, 0.717) is 30.5 Å². The van der Waals surface area contributed by atoms with E-state index < -0.39 is 14.9 Å². The van der Waals surface area contributed by atoms with Crippen LogP contribution in [0.15, 0.2) is 52.4 Å². The third-order valence-corrected chi connectivity index (χ3v) is 5.71. The summed E-state index contributed by atoms with van der Waals surface area (Å²) in [6.07, 6.45) is 0. The number of aliphatic imine (C=N–C) groups is 1. The van der Waals surface area contributed by atoms with Gasteiger partial charge in [-0.3, -0.25) is 10.1 Å². The molecule has 0 amide bonds. The normalized spacial score (nSPS) is 13.1. The second-order valence-electron chi connectivity index (χ2n) is 6.46.